The Bertz CT molecular complexity index is 1150. The van der Waals surface area contributed by atoms with Gasteiger partial charge in [-0.1, -0.05) is 0 Å². The zero-order valence-electron chi connectivity index (χ0n) is 17.5. The molecule has 0 aliphatic carbocycles. The smallest absolute Gasteiger partial charge is 0.416 e. The Balaban J connectivity index is 1.69. The summed E-state index contributed by atoms with van der Waals surface area (Å²) in [5.41, 5.74) is 6.07. The summed E-state index contributed by atoms with van der Waals surface area (Å²) in [6.45, 7) is 4.69. The lowest BCUT2D eigenvalue weighted by molar-refractivity contribution is -0.137. The van der Waals surface area contributed by atoms with E-state index in [2.05, 4.69) is 31.2 Å². The molecule has 1 fully saturated rings. The zero-order valence-corrected chi connectivity index (χ0v) is 19.0. The van der Waals surface area contributed by atoms with Crippen molar-refractivity contribution in [2.45, 2.75) is 38.6 Å². The third-order valence-corrected chi connectivity index (χ3v) is 5.82. The lowest BCUT2D eigenvalue weighted by atomic mass is 10.0. The number of ether oxygens (including phenoxy) is 2. The molecular weight excluding hydrogens is 489 g/mol. The van der Waals surface area contributed by atoms with Crippen molar-refractivity contribution in [2.24, 2.45) is 0 Å². The van der Waals surface area contributed by atoms with Crippen LogP contribution in [0.1, 0.15) is 36.3 Å². The van der Waals surface area contributed by atoms with E-state index in [1.807, 2.05) is 12.1 Å². The molecule has 1 saturated heterocycles. The number of nitrogens with one attached hydrogen (secondary N) is 1. The van der Waals surface area contributed by atoms with Gasteiger partial charge >= 0.3 is 6.18 Å². The van der Waals surface area contributed by atoms with Gasteiger partial charge in [0, 0.05) is 17.5 Å². The van der Waals surface area contributed by atoms with Gasteiger partial charge in [-0.3, -0.25) is 0 Å². The molecule has 2 aromatic carbocycles. The first-order chi connectivity index (χ1) is 15.1. The summed E-state index contributed by atoms with van der Waals surface area (Å²) in [5, 5.41) is 3.91. The Morgan fingerprint density at radius 3 is 2.69 bits per heavy atom. The summed E-state index contributed by atoms with van der Waals surface area (Å²) in [6, 6.07) is 6.71. The lowest BCUT2D eigenvalue weighted by Gasteiger charge is -2.20. The Hall–Kier alpha value is -2.59. The largest absolute Gasteiger partial charge is 0.487 e. The summed E-state index contributed by atoms with van der Waals surface area (Å²) in [7, 11) is 0. The van der Waals surface area contributed by atoms with Crippen molar-refractivity contribution in [3.05, 3.63) is 51.8 Å². The number of aromatic nitrogens is 2. The van der Waals surface area contributed by atoms with Crippen LogP contribution in [-0.2, 0) is 10.9 Å². The molecule has 0 bridgehead atoms. The van der Waals surface area contributed by atoms with Gasteiger partial charge in [0.15, 0.2) is 0 Å². The molecule has 1 aliphatic rings. The van der Waals surface area contributed by atoms with E-state index >= 15 is 0 Å². The fraction of sp³-hybridized carbons (Fsp3) is 0.364. The minimum absolute atomic E-state index is 0.0430. The van der Waals surface area contributed by atoms with Crippen LogP contribution in [0.3, 0.4) is 0 Å². The molecule has 0 radical (unpaired) electrons. The summed E-state index contributed by atoms with van der Waals surface area (Å²) in [6.07, 6.45) is -3.73. The molecule has 1 aromatic heterocycles. The molecule has 170 valence electrons. The minimum Gasteiger partial charge on any atom is -0.487 e. The second-order valence-corrected chi connectivity index (χ2v) is 8.63. The van der Waals surface area contributed by atoms with E-state index in [4.69, 9.17) is 15.2 Å². The fourth-order valence-corrected chi connectivity index (χ4v) is 4.04. The quantitative estimate of drug-likeness (QED) is 0.432. The van der Waals surface area contributed by atoms with Crippen LogP contribution in [-0.4, -0.2) is 29.3 Å². The van der Waals surface area contributed by atoms with Gasteiger partial charge in [0.25, 0.3) is 0 Å². The molecule has 1 aliphatic heterocycles. The maximum Gasteiger partial charge on any atom is 0.416 e. The summed E-state index contributed by atoms with van der Waals surface area (Å²) in [4.78, 5) is 8.97. The number of nitrogen functional groups attached to an aromatic ring is 1. The van der Waals surface area contributed by atoms with Gasteiger partial charge in [0.05, 0.1) is 34.8 Å². The number of hydrogen-bond acceptors (Lipinski definition) is 6. The molecule has 2 atom stereocenters. The van der Waals surface area contributed by atoms with Crippen molar-refractivity contribution in [1.82, 2.24) is 9.97 Å². The van der Waals surface area contributed by atoms with Gasteiger partial charge < -0.3 is 20.5 Å². The van der Waals surface area contributed by atoms with Gasteiger partial charge in [0.2, 0.25) is 0 Å². The maximum atomic E-state index is 13.2. The number of anilines is 2. The number of rotatable bonds is 5. The lowest BCUT2D eigenvalue weighted by Crippen LogP contribution is -2.16. The van der Waals surface area contributed by atoms with E-state index in [9.17, 15) is 13.2 Å². The predicted molar refractivity (Wildman–Crippen MR) is 120 cm³/mol. The number of fused-ring (bicyclic) bond motifs is 1. The molecular formula is C22H22BrF3N4O2. The highest BCUT2D eigenvalue weighted by Crippen LogP contribution is 2.36. The Labute approximate surface area is 191 Å². The highest BCUT2D eigenvalue weighted by molar-refractivity contribution is 9.10. The SMILES string of the molecule is Cc1nc(N[C@H](C)c2cc(N)cc(C(F)(F)F)c2)c2cc(O[C@H]3CCOC3)c(Br)cc2n1. The maximum absolute atomic E-state index is 13.2. The van der Waals surface area contributed by atoms with Crippen LogP contribution in [0.15, 0.2) is 34.8 Å². The van der Waals surface area contributed by atoms with Gasteiger partial charge in [-0.2, -0.15) is 13.2 Å². The van der Waals surface area contributed by atoms with Crippen molar-refractivity contribution in [3.8, 4) is 5.75 Å². The number of nitrogens with zero attached hydrogens (tertiary/aromatic N) is 2. The molecule has 0 unspecified atom stereocenters. The molecule has 0 saturated carbocycles. The van der Waals surface area contributed by atoms with E-state index in [0.717, 1.165) is 23.0 Å². The number of benzene rings is 2. The van der Waals surface area contributed by atoms with Crippen molar-refractivity contribution in [2.75, 3.05) is 24.3 Å². The molecule has 4 rings (SSSR count). The molecule has 0 spiro atoms. The van der Waals surface area contributed by atoms with E-state index in [1.54, 1.807) is 13.8 Å². The normalized spacial score (nSPS) is 17.5. The Kier molecular flexibility index (Phi) is 6.17. The highest BCUT2D eigenvalue weighted by atomic mass is 79.9. The van der Waals surface area contributed by atoms with E-state index in [0.29, 0.717) is 47.1 Å². The van der Waals surface area contributed by atoms with E-state index < -0.39 is 17.8 Å². The molecule has 6 nitrogen and oxygen atoms in total. The number of aryl methyl sites for hydroxylation is 1. The van der Waals surface area contributed by atoms with Crippen LogP contribution in [0.5, 0.6) is 5.75 Å². The second kappa shape index (κ2) is 8.74. The molecule has 3 N–H and O–H groups in total. The molecule has 2 heterocycles. The number of halogens is 4. The third-order valence-electron chi connectivity index (χ3n) is 5.20. The molecule has 3 aromatic rings. The van der Waals surface area contributed by atoms with Crippen molar-refractivity contribution in [1.29, 1.82) is 0 Å². The first-order valence-electron chi connectivity index (χ1n) is 10.1. The van der Waals surface area contributed by atoms with Crippen LogP contribution in [0.4, 0.5) is 24.7 Å². The highest BCUT2D eigenvalue weighted by Gasteiger charge is 2.31. The van der Waals surface area contributed by atoms with Gasteiger partial charge in [-0.15, -0.1) is 0 Å². The minimum atomic E-state index is -4.48. The molecule has 0 amide bonds. The van der Waals surface area contributed by atoms with E-state index in [-0.39, 0.29) is 11.8 Å². The third kappa shape index (κ3) is 4.91. The molecule has 32 heavy (non-hydrogen) atoms. The first-order valence-corrected chi connectivity index (χ1v) is 10.9. The predicted octanol–water partition coefficient (Wildman–Crippen LogP) is 5.64. The molecule has 10 heteroatoms. The fourth-order valence-electron chi connectivity index (χ4n) is 3.61. The Morgan fingerprint density at radius 2 is 2.00 bits per heavy atom. The average molecular weight is 511 g/mol. The number of nitrogens with two attached hydrogens (primary N) is 1. The van der Waals surface area contributed by atoms with Gasteiger partial charge in [-0.25, -0.2) is 9.97 Å². The zero-order chi connectivity index (χ0) is 23.0. The monoisotopic (exact) mass is 510 g/mol. The van der Waals surface area contributed by atoms with Crippen LogP contribution >= 0.6 is 15.9 Å². The van der Waals surface area contributed by atoms with Crippen LogP contribution in [0.25, 0.3) is 10.9 Å². The van der Waals surface area contributed by atoms with Crippen molar-refractivity contribution in [3.63, 3.8) is 0 Å². The van der Waals surface area contributed by atoms with Crippen LogP contribution in [0.2, 0.25) is 0 Å². The number of hydrogen-bond donors (Lipinski definition) is 2. The summed E-state index contributed by atoms with van der Waals surface area (Å²) < 4.78 is 51.9. The Morgan fingerprint density at radius 1 is 1.22 bits per heavy atom. The second-order valence-electron chi connectivity index (χ2n) is 7.77. The van der Waals surface area contributed by atoms with Crippen LogP contribution in [0, 0.1) is 6.92 Å². The van der Waals surface area contributed by atoms with Crippen molar-refractivity contribution >= 4 is 38.3 Å². The van der Waals surface area contributed by atoms with Crippen molar-refractivity contribution < 1.29 is 22.6 Å². The topological polar surface area (TPSA) is 82.3 Å². The number of alkyl halides is 3. The van der Waals surface area contributed by atoms with E-state index in [1.165, 1.54) is 6.07 Å². The van der Waals surface area contributed by atoms with Gasteiger partial charge in [-0.05, 0) is 65.7 Å². The van der Waals surface area contributed by atoms with Crippen LogP contribution < -0.4 is 15.8 Å². The average Bonchev–Trinajstić information content (AvgIpc) is 3.21. The standard InChI is InChI=1S/C22H22BrF3N4O2/c1-11(13-5-14(22(24,25)26)7-15(27)6-13)28-21-17-8-20(32-16-3-4-31-10-16)18(23)9-19(17)29-12(2)30-21/h5-9,11,16H,3-4,10,27H2,1-2H3,(H,28,29,30)/t11-,16+/m1/s1. The van der Waals surface area contributed by atoms with Gasteiger partial charge in [0.1, 0.15) is 23.5 Å². The summed E-state index contributed by atoms with van der Waals surface area (Å²) >= 11 is 3.53. The first kappa shape index (κ1) is 22.6. The summed E-state index contributed by atoms with van der Waals surface area (Å²) in [5.74, 6) is 1.65.